The third kappa shape index (κ3) is 3.95. The second-order valence-corrected chi connectivity index (χ2v) is 7.83. The second kappa shape index (κ2) is 8.59. The minimum absolute atomic E-state index is 0.251. The van der Waals surface area contributed by atoms with Crippen LogP contribution in [0.1, 0.15) is 11.1 Å². The molecule has 6 heteroatoms. The molecule has 1 N–H and O–H groups in total. The molecule has 0 aliphatic carbocycles. The number of hydrogen-bond acceptors (Lipinski definition) is 5. The predicted molar refractivity (Wildman–Crippen MR) is 128 cm³/mol. The van der Waals surface area contributed by atoms with E-state index in [-0.39, 0.29) is 17.5 Å². The molecule has 2 amide bonds. The van der Waals surface area contributed by atoms with E-state index in [1.54, 1.807) is 31.4 Å². The number of rotatable bonds is 6. The molecule has 0 aromatic heterocycles. The van der Waals surface area contributed by atoms with E-state index in [0.29, 0.717) is 28.3 Å². The summed E-state index contributed by atoms with van der Waals surface area (Å²) in [6.07, 6.45) is 0. The number of nitrogens with zero attached hydrogens (tertiary/aromatic N) is 2. The van der Waals surface area contributed by atoms with Crippen molar-refractivity contribution in [3.05, 3.63) is 89.6 Å². The van der Waals surface area contributed by atoms with Crippen LogP contribution in [0.5, 0.6) is 5.75 Å². The molecule has 0 unspecified atom stereocenters. The number of ether oxygens (including phenoxy) is 1. The third-order valence-corrected chi connectivity index (χ3v) is 5.41. The summed E-state index contributed by atoms with van der Waals surface area (Å²) in [5.74, 6) is -0.0359. The SMILES string of the molecule is COc1ccc(NC2=C(c3ccc(C)cc3)C(=O)N(c3ccc(N(C)C)cc3)C2=O)cc1. The number of nitrogens with one attached hydrogen (secondary N) is 1. The Morgan fingerprint density at radius 3 is 2.00 bits per heavy atom. The van der Waals surface area contributed by atoms with Gasteiger partial charge in [-0.05, 0) is 61.0 Å². The normalized spacial score (nSPS) is 13.6. The molecular weight excluding hydrogens is 402 g/mol. The van der Waals surface area contributed by atoms with E-state index in [4.69, 9.17) is 4.74 Å². The van der Waals surface area contributed by atoms with Gasteiger partial charge in [-0.25, -0.2) is 4.90 Å². The summed E-state index contributed by atoms with van der Waals surface area (Å²) in [6, 6.07) is 22.2. The summed E-state index contributed by atoms with van der Waals surface area (Å²) in [5, 5.41) is 3.17. The van der Waals surface area contributed by atoms with Crippen molar-refractivity contribution in [1.29, 1.82) is 0 Å². The van der Waals surface area contributed by atoms with Crippen LogP contribution in [0.3, 0.4) is 0 Å². The van der Waals surface area contributed by atoms with Gasteiger partial charge in [0.15, 0.2) is 0 Å². The zero-order chi connectivity index (χ0) is 22.8. The Morgan fingerprint density at radius 1 is 0.812 bits per heavy atom. The topological polar surface area (TPSA) is 61.9 Å². The Kier molecular flexibility index (Phi) is 5.69. The maximum atomic E-state index is 13.5. The van der Waals surface area contributed by atoms with E-state index in [9.17, 15) is 9.59 Å². The van der Waals surface area contributed by atoms with Gasteiger partial charge in [-0.1, -0.05) is 29.8 Å². The van der Waals surface area contributed by atoms with Crippen LogP contribution in [0, 0.1) is 6.92 Å². The molecule has 0 spiro atoms. The summed E-state index contributed by atoms with van der Waals surface area (Å²) in [6.45, 7) is 1.98. The Balaban J connectivity index is 1.76. The number of carbonyl (C=O) groups excluding carboxylic acids is 2. The number of amides is 2. The zero-order valence-corrected chi connectivity index (χ0v) is 18.5. The maximum Gasteiger partial charge on any atom is 0.282 e. The quantitative estimate of drug-likeness (QED) is 0.589. The predicted octanol–water partition coefficient (Wildman–Crippen LogP) is 4.47. The fourth-order valence-electron chi connectivity index (χ4n) is 3.59. The Hall–Kier alpha value is -4.06. The van der Waals surface area contributed by atoms with Crippen molar-refractivity contribution in [2.24, 2.45) is 0 Å². The number of aryl methyl sites for hydroxylation is 1. The molecule has 0 saturated carbocycles. The van der Waals surface area contributed by atoms with E-state index >= 15 is 0 Å². The van der Waals surface area contributed by atoms with Crippen molar-refractivity contribution in [1.82, 2.24) is 0 Å². The number of methoxy groups -OCH3 is 1. The van der Waals surface area contributed by atoms with Crippen molar-refractivity contribution in [2.45, 2.75) is 6.92 Å². The summed E-state index contributed by atoms with van der Waals surface area (Å²) >= 11 is 0. The highest BCUT2D eigenvalue weighted by Gasteiger charge is 2.40. The fourth-order valence-corrected chi connectivity index (χ4v) is 3.59. The molecule has 0 radical (unpaired) electrons. The van der Waals surface area contributed by atoms with Crippen LogP contribution in [0.4, 0.5) is 17.1 Å². The molecule has 0 saturated heterocycles. The van der Waals surface area contributed by atoms with Crippen LogP contribution in [0.15, 0.2) is 78.5 Å². The molecular formula is C26H25N3O3. The molecule has 4 rings (SSSR count). The van der Waals surface area contributed by atoms with Gasteiger partial charge in [0.1, 0.15) is 11.4 Å². The van der Waals surface area contributed by atoms with Crippen molar-refractivity contribution in [3.63, 3.8) is 0 Å². The molecule has 1 heterocycles. The molecule has 1 aliphatic rings. The number of carbonyl (C=O) groups is 2. The van der Waals surface area contributed by atoms with Gasteiger partial charge >= 0.3 is 0 Å². The Bertz CT molecular complexity index is 1180. The summed E-state index contributed by atoms with van der Waals surface area (Å²) in [4.78, 5) is 30.1. The van der Waals surface area contributed by atoms with Crippen LogP contribution in [-0.4, -0.2) is 33.0 Å². The molecule has 1 aliphatic heterocycles. The first-order valence-electron chi connectivity index (χ1n) is 10.3. The number of imide groups is 1. The maximum absolute atomic E-state index is 13.5. The van der Waals surface area contributed by atoms with Crippen molar-refractivity contribution in [3.8, 4) is 5.75 Å². The van der Waals surface area contributed by atoms with Gasteiger partial charge in [0.05, 0.1) is 18.4 Å². The van der Waals surface area contributed by atoms with Gasteiger partial charge in [0.2, 0.25) is 0 Å². The highest BCUT2D eigenvalue weighted by Crippen LogP contribution is 2.34. The van der Waals surface area contributed by atoms with Gasteiger partial charge in [-0.3, -0.25) is 9.59 Å². The number of anilines is 3. The van der Waals surface area contributed by atoms with Crippen LogP contribution in [0.25, 0.3) is 5.57 Å². The standard InChI is InChI=1S/C26H25N3O3/c1-17-5-7-18(8-6-17)23-24(27-19-9-15-22(32-4)16-10-19)26(31)29(25(23)30)21-13-11-20(12-14-21)28(2)3/h5-16,27H,1-4H3. The van der Waals surface area contributed by atoms with Gasteiger partial charge in [-0.15, -0.1) is 0 Å². The van der Waals surface area contributed by atoms with E-state index in [2.05, 4.69) is 5.32 Å². The monoisotopic (exact) mass is 427 g/mol. The highest BCUT2D eigenvalue weighted by atomic mass is 16.5. The Labute approximate surface area is 187 Å². The molecule has 0 atom stereocenters. The van der Waals surface area contributed by atoms with E-state index in [0.717, 1.165) is 11.3 Å². The lowest BCUT2D eigenvalue weighted by molar-refractivity contribution is -0.120. The summed E-state index contributed by atoms with van der Waals surface area (Å²) in [7, 11) is 5.48. The minimum atomic E-state index is -0.390. The van der Waals surface area contributed by atoms with E-state index < -0.39 is 0 Å². The second-order valence-electron chi connectivity index (χ2n) is 7.83. The van der Waals surface area contributed by atoms with Crippen LogP contribution in [-0.2, 0) is 9.59 Å². The first-order valence-corrected chi connectivity index (χ1v) is 10.3. The molecule has 0 fully saturated rings. The average molecular weight is 428 g/mol. The smallest absolute Gasteiger partial charge is 0.282 e. The van der Waals surface area contributed by atoms with Gasteiger partial charge in [-0.2, -0.15) is 0 Å². The highest BCUT2D eigenvalue weighted by molar-refractivity contribution is 6.46. The fraction of sp³-hybridized carbons (Fsp3) is 0.154. The van der Waals surface area contributed by atoms with Crippen LogP contribution < -0.4 is 19.9 Å². The largest absolute Gasteiger partial charge is 0.497 e. The van der Waals surface area contributed by atoms with Gasteiger partial charge in [0.25, 0.3) is 11.8 Å². The number of hydrogen-bond donors (Lipinski definition) is 1. The number of benzene rings is 3. The third-order valence-electron chi connectivity index (χ3n) is 5.41. The lowest BCUT2D eigenvalue weighted by atomic mass is 10.0. The van der Waals surface area contributed by atoms with Gasteiger partial charge < -0.3 is 15.0 Å². The molecule has 32 heavy (non-hydrogen) atoms. The first-order chi connectivity index (χ1) is 15.4. The van der Waals surface area contributed by atoms with Crippen molar-refractivity contribution in [2.75, 3.05) is 36.3 Å². The van der Waals surface area contributed by atoms with Crippen molar-refractivity contribution >= 4 is 34.4 Å². The van der Waals surface area contributed by atoms with Gasteiger partial charge in [0, 0.05) is 25.5 Å². The lowest BCUT2D eigenvalue weighted by Gasteiger charge is -2.18. The van der Waals surface area contributed by atoms with Crippen LogP contribution >= 0.6 is 0 Å². The molecule has 162 valence electrons. The van der Waals surface area contributed by atoms with Crippen LogP contribution in [0.2, 0.25) is 0 Å². The Morgan fingerprint density at radius 2 is 1.44 bits per heavy atom. The van der Waals surface area contributed by atoms with Crippen molar-refractivity contribution < 1.29 is 14.3 Å². The lowest BCUT2D eigenvalue weighted by Crippen LogP contribution is -2.32. The minimum Gasteiger partial charge on any atom is -0.497 e. The molecule has 3 aromatic carbocycles. The summed E-state index contributed by atoms with van der Waals surface area (Å²) in [5.41, 5.74) is 4.57. The molecule has 6 nitrogen and oxygen atoms in total. The van der Waals surface area contributed by atoms with E-state index in [1.807, 2.05) is 74.4 Å². The zero-order valence-electron chi connectivity index (χ0n) is 18.5. The first kappa shape index (κ1) is 21.2. The summed E-state index contributed by atoms with van der Waals surface area (Å²) < 4.78 is 5.21. The van der Waals surface area contributed by atoms with E-state index in [1.165, 1.54) is 4.90 Å². The molecule has 0 bridgehead atoms. The average Bonchev–Trinajstić information content (AvgIpc) is 3.04. The molecule has 3 aromatic rings.